The van der Waals surface area contributed by atoms with E-state index >= 15 is 0 Å². The van der Waals surface area contributed by atoms with E-state index in [4.69, 9.17) is 4.42 Å². The van der Waals surface area contributed by atoms with Crippen LogP contribution >= 0.6 is 0 Å². The van der Waals surface area contributed by atoms with E-state index in [-0.39, 0.29) is 0 Å². The summed E-state index contributed by atoms with van der Waals surface area (Å²) < 4.78 is 8.80. The number of hydrogen-bond donors (Lipinski definition) is 0. The molecule has 13 aromatic rings. The van der Waals surface area contributed by atoms with Crippen LogP contribution in [-0.4, -0.2) is 4.57 Å². The molecular formula is C64H42N2O. The third-order valence-electron chi connectivity index (χ3n) is 13.4. The van der Waals surface area contributed by atoms with Gasteiger partial charge in [-0.05, 0) is 105 Å². The maximum absolute atomic E-state index is 6.38. The molecule has 0 aliphatic carbocycles. The van der Waals surface area contributed by atoms with Gasteiger partial charge in [0.1, 0.15) is 11.2 Å². The quantitative estimate of drug-likeness (QED) is 0.152. The maximum Gasteiger partial charge on any atom is 0.136 e. The predicted octanol–water partition coefficient (Wildman–Crippen LogP) is 18.0. The van der Waals surface area contributed by atoms with Crippen LogP contribution in [0, 0.1) is 0 Å². The Morgan fingerprint density at radius 3 is 1.73 bits per heavy atom. The Kier molecular flexibility index (Phi) is 9.17. The molecule has 67 heavy (non-hydrogen) atoms. The minimum Gasteiger partial charge on any atom is -0.456 e. The monoisotopic (exact) mass is 854 g/mol. The number of fused-ring (bicyclic) bond motifs is 7. The van der Waals surface area contributed by atoms with Gasteiger partial charge >= 0.3 is 0 Å². The molecule has 13 rings (SSSR count). The van der Waals surface area contributed by atoms with Gasteiger partial charge in [-0.3, -0.25) is 0 Å². The van der Waals surface area contributed by atoms with Gasteiger partial charge in [-0.25, -0.2) is 0 Å². The van der Waals surface area contributed by atoms with Crippen LogP contribution in [0.1, 0.15) is 0 Å². The van der Waals surface area contributed by atoms with Crippen molar-refractivity contribution in [1.29, 1.82) is 0 Å². The van der Waals surface area contributed by atoms with Crippen LogP contribution < -0.4 is 4.90 Å². The molecule has 2 aromatic heterocycles. The Hall–Kier alpha value is -8.92. The fourth-order valence-corrected chi connectivity index (χ4v) is 10.5. The first-order valence-corrected chi connectivity index (χ1v) is 22.9. The second-order valence-corrected chi connectivity index (χ2v) is 17.2. The number of aromatic nitrogens is 1. The Morgan fingerprint density at radius 2 is 0.896 bits per heavy atom. The van der Waals surface area contributed by atoms with Gasteiger partial charge < -0.3 is 13.9 Å². The van der Waals surface area contributed by atoms with E-state index in [1.807, 2.05) is 6.07 Å². The molecule has 0 fully saturated rings. The summed E-state index contributed by atoms with van der Waals surface area (Å²) in [5.74, 6) is 0. The topological polar surface area (TPSA) is 21.3 Å². The summed E-state index contributed by atoms with van der Waals surface area (Å²) in [6.07, 6.45) is 0. The number of benzene rings is 11. The minimum absolute atomic E-state index is 0.883. The predicted molar refractivity (Wildman–Crippen MR) is 282 cm³/mol. The lowest BCUT2D eigenvalue weighted by molar-refractivity contribution is 0.669. The van der Waals surface area contributed by atoms with E-state index in [9.17, 15) is 0 Å². The molecule has 0 unspecified atom stereocenters. The summed E-state index contributed by atoms with van der Waals surface area (Å²) in [5, 5.41) is 7.15. The molecule has 0 saturated carbocycles. The standard InChI is InChI=1S/C64H42N2O/c1-3-18-43(19-4-1)50-29-14-20-45-21-15-32-55(62(45)50)53-26-7-10-34-58(53)65(49-25-13-22-46(42-49)51-30-17-37-61-63(51)57-28-9-12-36-60(57)67-61)48-40-38-44(39-41-48)52-31-16-33-56-54-27-8-11-35-59(54)66(64(52)56)47-23-5-2-6-24-47/h1-42H. The Morgan fingerprint density at radius 1 is 0.328 bits per heavy atom. The van der Waals surface area contributed by atoms with Gasteiger partial charge in [0.05, 0.1) is 16.7 Å². The minimum atomic E-state index is 0.883. The van der Waals surface area contributed by atoms with Crippen molar-refractivity contribution in [1.82, 2.24) is 4.57 Å². The van der Waals surface area contributed by atoms with Crippen molar-refractivity contribution in [2.45, 2.75) is 0 Å². The summed E-state index contributed by atoms with van der Waals surface area (Å²) >= 11 is 0. The Balaban J connectivity index is 1.02. The molecule has 2 heterocycles. The van der Waals surface area contributed by atoms with Crippen LogP contribution in [0.25, 0.3) is 105 Å². The zero-order valence-electron chi connectivity index (χ0n) is 36.6. The highest BCUT2D eigenvalue weighted by molar-refractivity contribution is 6.15. The van der Waals surface area contributed by atoms with Crippen LogP contribution in [0.2, 0.25) is 0 Å². The first-order valence-electron chi connectivity index (χ1n) is 22.9. The average molecular weight is 855 g/mol. The van der Waals surface area contributed by atoms with E-state index in [1.54, 1.807) is 0 Å². The zero-order valence-corrected chi connectivity index (χ0v) is 36.6. The van der Waals surface area contributed by atoms with Crippen molar-refractivity contribution in [2.75, 3.05) is 4.90 Å². The molecule has 0 amide bonds. The molecule has 3 heteroatoms. The molecule has 0 aliphatic rings. The van der Waals surface area contributed by atoms with E-state index < -0.39 is 0 Å². The molecule has 11 aromatic carbocycles. The summed E-state index contributed by atoms with van der Waals surface area (Å²) in [6, 6.07) is 92.0. The first-order chi connectivity index (χ1) is 33.3. The number of rotatable bonds is 8. The number of hydrogen-bond acceptors (Lipinski definition) is 2. The highest BCUT2D eigenvalue weighted by Crippen LogP contribution is 2.47. The SMILES string of the molecule is c1ccc(-c2cccc3cccc(-c4ccccc4N(c4ccc(-c5cccc6c7ccccc7n(-c7ccccc7)c56)cc4)c4cccc(-c5cccc6oc7ccccc7c56)c4)c23)cc1. The van der Waals surface area contributed by atoms with Gasteiger partial charge in [0.2, 0.25) is 0 Å². The van der Waals surface area contributed by atoms with Crippen molar-refractivity contribution < 1.29 is 4.42 Å². The Bertz CT molecular complexity index is 3970. The lowest BCUT2D eigenvalue weighted by atomic mass is 9.90. The van der Waals surface area contributed by atoms with Crippen molar-refractivity contribution in [2.24, 2.45) is 0 Å². The zero-order chi connectivity index (χ0) is 44.3. The van der Waals surface area contributed by atoms with Gasteiger partial charge in [-0.2, -0.15) is 0 Å². The molecule has 0 radical (unpaired) electrons. The highest BCUT2D eigenvalue weighted by Gasteiger charge is 2.22. The van der Waals surface area contributed by atoms with E-state index in [1.165, 1.54) is 54.8 Å². The fraction of sp³-hybridized carbons (Fsp3) is 0. The van der Waals surface area contributed by atoms with Gasteiger partial charge in [0, 0.05) is 49.7 Å². The Labute approximate surface area is 388 Å². The number of anilines is 3. The van der Waals surface area contributed by atoms with Crippen molar-refractivity contribution in [3.05, 3.63) is 255 Å². The number of furan rings is 1. The van der Waals surface area contributed by atoms with Gasteiger partial charge in [-0.1, -0.05) is 194 Å². The molecular weight excluding hydrogens is 813 g/mol. The maximum atomic E-state index is 6.38. The molecule has 0 N–H and O–H groups in total. The summed E-state index contributed by atoms with van der Waals surface area (Å²) in [7, 11) is 0. The smallest absolute Gasteiger partial charge is 0.136 e. The normalized spacial score (nSPS) is 11.6. The highest BCUT2D eigenvalue weighted by atomic mass is 16.3. The second-order valence-electron chi connectivity index (χ2n) is 17.2. The van der Waals surface area contributed by atoms with Crippen LogP contribution in [0.5, 0.6) is 0 Å². The summed E-state index contributed by atoms with van der Waals surface area (Å²) in [6.45, 7) is 0. The van der Waals surface area contributed by atoms with Gasteiger partial charge in [0.25, 0.3) is 0 Å². The first kappa shape index (κ1) is 38.5. The third-order valence-corrected chi connectivity index (χ3v) is 13.4. The van der Waals surface area contributed by atoms with Crippen molar-refractivity contribution in [3.63, 3.8) is 0 Å². The molecule has 0 saturated heterocycles. The van der Waals surface area contributed by atoms with Crippen LogP contribution in [0.15, 0.2) is 259 Å². The average Bonchev–Trinajstić information content (AvgIpc) is 3.96. The van der Waals surface area contributed by atoms with Crippen molar-refractivity contribution >= 4 is 71.6 Å². The number of nitrogens with zero attached hydrogens (tertiary/aromatic N) is 2. The van der Waals surface area contributed by atoms with Crippen LogP contribution in [0.4, 0.5) is 17.1 Å². The lowest BCUT2D eigenvalue weighted by Gasteiger charge is -2.29. The molecule has 0 spiro atoms. The van der Waals surface area contributed by atoms with Crippen LogP contribution in [-0.2, 0) is 0 Å². The molecule has 314 valence electrons. The lowest BCUT2D eigenvalue weighted by Crippen LogP contribution is -2.11. The second kappa shape index (κ2) is 16.0. The fourth-order valence-electron chi connectivity index (χ4n) is 10.5. The van der Waals surface area contributed by atoms with Crippen LogP contribution in [0.3, 0.4) is 0 Å². The molecule has 3 nitrogen and oxygen atoms in total. The largest absolute Gasteiger partial charge is 0.456 e. The van der Waals surface area contributed by atoms with E-state index in [2.05, 4.69) is 258 Å². The third kappa shape index (κ3) is 6.43. The summed E-state index contributed by atoms with van der Waals surface area (Å²) in [4.78, 5) is 2.43. The molecule has 0 atom stereocenters. The summed E-state index contributed by atoms with van der Waals surface area (Å²) in [5.41, 5.74) is 17.8. The van der Waals surface area contributed by atoms with Gasteiger partial charge in [-0.15, -0.1) is 0 Å². The molecule has 0 bridgehead atoms. The van der Waals surface area contributed by atoms with Gasteiger partial charge in [0.15, 0.2) is 0 Å². The van der Waals surface area contributed by atoms with Crippen molar-refractivity contribution in [3.8, 4) is 50.2 Å². The van der Waals surface area contributed by atoms with E-state index in [0.29, 0.717) is 0 Å². The molecule has 0 aliphatic heterocycles. The number of para-hydroxylation sites is 5. The van der Waals surface area contributed by atoms with E-state index in [0.717, 1.165) is 66.9 Å².